The van der Waals surface area contributed by atoms with Crippen LogP contribution in [0.3, 0.4) is 0 Å². The molecule has 0 atom stereocenters. The number of halogens is 1. The van der Waals surface area contributed by atoms with Gasteiger partial charge < -0.3 is 4.18 Å². The number of rotatable bonds is 3. The van der Waals surface area contributed by atoms with Gasteiger partial charge in [-0.25, -0.2) is 0 Å². The van der Waals surface area contributed by atoms with E-state index >= 15 is 0 Å². The molecule has 1 aromatic rings. The Morgan fingerprint density at radius 1 is 1.58 bits per heavy atom. The fourth-order valence-electron chi connectivity index (χ4n) is 0.565. The van der Waals surface area contributed by atoms with E-state index in [1.807, 2.05) is 0 Å². The minimum absolute atomic E-state index is 0.219. The Balaban J connectivity index is 2.78. The van der Waals surface area contributed by atoms with E-state index < -0.39 is 10.1 Å². The molecule has 1 rings (SSSR count). The molecule has 6 heteroatoms. The summed E-state index contributed by atoms with van der Waals surface area (Å²) in [6, 6.07) is 3.12. The molecule has 0 fully saturated rings. The smallest absolute Gasteiger partial charge is 0.319 e. The van der Waals surface area contributed by atoms with Gasteiger partial charge in [-0.3, -0.25) is 4.98 Å². The van der Waals surface area contributed by atoms with Crippen molar-refractivity contribution in [3.05, 3.63) is 24.5 Å². The van der Waals surface area contributed by atoms with Crippen LogP contribution in [0.5, 0.6) is 5.75 Å². The monoisotopic (exact) mass is 251 g/mol. The van der Waals surface area contributed by atoms with Crippen LogP contribution in [0.2, 0.25) is 0 Å². The van der Waals surface area contributed by atoms with Crippen molar-refractivity contribution in [2.75, 3.05) is 4.66 Å². The third-order valence-electron chi connectivity index (χ3n) is 0.991. The second-order valence-corrected chi connectivity index (χ2v) is 4.81. The largest absolute Gasteiger partial charge is 0.380 e. The van der Waals surface area contributed by atoms with E-state index in [2.05, 4.69) is 25.1 Å². The number of hydrogen-bond donors (Lipinski definition) is 0. The van der Waals surface area contributed by atoms with Gasteiger partial charge in [-0.05, 0) is 12.1 Å². The van der Waals surface area contributed by atoms with Crippen LogP contribution < -0.4 is 4.18 Å². The zero-order chi connectivity index (χ0) is 9.03. The van der Waals surface area contributed by atoms with Gasteiger partial charge in [0.25, 0.3) is 0 Å². The Bertz CT molecular complexity index is 337. The molecular formula is C6H6BrNO3S. The van der Waals surface area contributed by atoms with Gasteiger partial charge >= 0.3 is 10.1 Å². The quantitative estimate of drug-likeness (QED) is 0.598. The molecule has 66 valence electrons. The Morgan fingerprint density at radius 3 is 2.83 bits per heavy atom. The van der Waals surface area contributed by atoms with E-state index in [4.69, 9.17) is 0 Å². The highest BCUT2D eigenvalue weighted by molar-refractivity contribution is 9.10. The van der Waals surface area contributed by atoms with Gasteiger partial charge in [0, 0.05) is 6.20 Å². The van der Waals surface area contributed by atoms with Crippen LogP contribution in [0.15, 0.2) is 24.5 Å². The zero-order valence-corrected chi connectivity index (χ0v) is 8.38. The highest BCUT2D eigenvalue weighted by Crippen LogP contribution is 2.10. The maximum atomic E-state index is 10.9. The Morgan fingerprint density at radius 2 is 2.33 bits per heavy atom. The number of hydrogen-bond acceptors (Lipinski definition) is 4. The molecule has 0 aromatic carbocycles. The molecular weight excluding hydrogens is 246 g/mol. The van der Waals surface area contributed by atoms with E-state index in [0.29, 0.717) is 0 Å². The highest BCUT2D eigenvalue weighted by Gasteiger charge is 2.09. The summed E-state index contributed by atoms with van der Waals surface area (Å²) in [7, 11) is -3.50. The molecule has 12 heavy (non-hydrogen) atoms. The van der Waals surface area contributed by atoms with E-state index in [1.54, 1.807) is 6.07 Å². The van der Waals surface area contributed by atoms with Crippen LogP contribution in [0, 0.1) is 0 Å². The summed E-state index contributed by atoms with van der Waals surface area (Å²) >= 11 is 2.80. The van der Waals surface area contributed by atoms with Crippen molar-refractivity contribution in [1.29, 1.82) is 0 Å². The molecule has 0 aliphatic carbocycles. The van der Waals surface area contributed by atoms with Crippen molar-refractivity contribution in [2.24, 2.45) is 0 Å². The molecule has 0 N–H and O–H groups in total. The summed E-state index contributed by atoms with van der Waals surface area (Å²) < 4.78 is 26.1. The Hall–Kier alpha value is -0.620. The number of pyridine rings is 1. The molecule has 0 amide bonds. The lowest BCUT2D eigenvalue weighted by Crippen LogP contribution is -2.09. The lowest BCUT2D eigenvalue weighted by molar-refractivity contribution is 0.491. The fourth-order valence-corrected chi connectivity index (χ4v) is 1.28. The summed E-state index contributed by atoms with van der Waals surface area (Å²) in [6.07, 6.45) is 2.87. The molecule has 0 aliphatic rings. The minimum atomic E-state index is -3.50. The van der Waals surface area contributed by atoms with Gasteiger partial charge in [0.05, 0.1) is 6.20 Å². The predicted octanol–water partition coefficient (Wildman–Crippen LogP) is 1.14. The van der Waals surface area contributed by atoms with Gasteiger partial charge in [-0.1, -0.05) is 15.9 Å². The maximum Gasteiger partial charge on any atom is 0.319 e. The van der Waals surface area contributed by atoms with Gasteiger partial charge in [-0.2, -0.15) is 8.42 Å². The molecule has 1 aromatic heterocycles. The Kier molecular flexibility index (Phi) is 3.05. The number of nitrogens with zero attached hydrogens (tertiary/aromatic N) is 1. The van der Waals surface area contributed by atoms with E-state index in [0.717, 1.165) is 0 Å². The molecule has 1 heterocycles. The summed E-state index contributed by atoms with van der Waals surface area (Å²) in [5.41, 5.74) is 0. The first-order chi connectivity index (χ1) is 5.64. The van der Waals surface area contributed by atoms with Crippen LogP contribution in [0.1, 0.15) is 0 Å². The summed E-state index contributed by atoms with van der Waals surface area (Å²) in [5.74, 6) is 0.219. The summed E-state index contributed by atoms with van der Waals surface area (Å²) in [6.45, 7) is 0. The van der Waals surface area contributed by atoms with Crippen molar-refractivity contribution in [2.45, 2.75) is 0 Å². The van der Waals surface area contributed by atoms with Crippen LogP contribution >= 0.6 is 15.9 Å². The van der Waals surface area contributed by atoms with Gasteiger partial charge in [0.2, 0.25) is 0 Å². The number of aromatic nitrogens is 1. The zero-order valence-electron chi connectivity index (χ0n) is 5.97. The van der Waals surface area contributed by atoms with E-state index in [-0.39, 0.29) is 10.4 Å². The van der Waals surface area contributed by atoms with Crippen molar-refractivity contribution in [3.8, 4) is 5.75 Å². The second-order valence-electron chi connectivity index (χ2n) is 1.94. The first-order valence-electron chi connectivity index (χ1n) is 3.02. The van der Waals surface area contributed by atoms with Crippen molar-refractivity contribution < 1.29 is 12.6 Å². The molecule has 0 bridgehead atoms. The van der Waals surface area contributed by atoms with E-state index in [1.165, 1.54) is 18.5 Å². The van der Waals surface area contributed by atoms with E-state index in [9.17, 15) is 8.42 Å². The van der Waals surface area contributed by atoms with Crippen molar-refractivity contribution in [1.82, 2.24) is 4.98 Å². The predicted molar refractivity (Wildman–Crippen MR) is 47.6 cm³/mol. The molecule has 4 nitrogen and oxygen atoms in total. The lowest BCUT2D eigenvalue weighted by atomic mass is 10.5. The first-order valence-corrected chi connectivity index (χ1v) is 5.72. The molecule has 0 saturated heterocycles. The Labute approximate surface area is 78.8 Å². The third kappa shape index (κ3) is 2.78. The second kappa shape index (κ2) is 3.86. The van der Waals surface area contributed by atoms with Crippen LogP contribution in [0.25, 0.3) is 0 Å². The van der Waals surface area contributed by atoms with Gasteiger partial charge in [0.15, 0.2) is 5.75 Å². The number of alkyl halides is 1. The van der Waals surface area contributed by atoms with Gasteiger partial charge in [0.1, 0.15) is 4.66 Å². The standard InChI is InChI=1S/C6H6BrNO3S/c7-5-12(9,10)11-6-2-1-3-8-4-6/h1-4H,5H2. The highest BCUT2D eigenvalue weighted by atomic mass is 79.9. The average molecular weight is 252 g/mol. The van der Waals surface area contributed by atoms with Crippen molar-refractivity contribution >= 4 is 26.0 Å². The minimum Gasteiger partial charge on any atom is -0.380 e. The summed E-state index contributed by atoms with van der Waals surface area (Å²) in [5, 5.41) is 0. The molecule has 0 radical (unpaired) electrons. The topological polar surface area (TPSA) is 56.3 Å². The third-order valence-corrected chi connectivity index (χ3v) is 3.39. The first kappa shape index (κ1) is 9.47. The fraction of sp³-hybridized carbons (Fsp3) is 0.167. The molecule has 0 saturated carbocycles. The van der Waals surface area contributed by atoms with Crippen LogP contribution in [-0.2, 0) is 10.1 Å². The van der Waals surface area contributed by atoms with Gasteiger partial charge in [-0.15, -0.1) is 0 Å². The van der Waals surface area contributed by atoms with Crippen LogP contribution in [0.4, 0.5) is 0 Å². The molecule has 0 aliphatic heterocycles. The molecule has 0 unspecified atom stereocenters. The lowest BCUT2D eigenvalue weighted by Gasteiger charge is -2.01. The average Bonchev–Trinajstić information content (AvgIpc) is 2.06. The SMILES string of the molecule is O=S(=O)(CBr)Oc1cccnc1. The summed E-state index contributed by atoms with van der Waals surface area (Å²) in [4.78, 5) is 3.70. The maximum absolute atomic E-state index is 10.9. The molecule has 0 spiro atoms. The van der Waals surface area contributed by atoms with Crippen LogP contribution in [-0.4, -0.2) is 18.1 Å². The van der Waals surface area contributed by atoms with Crippen molar-refractivity contribution in [3.63, 3.8) is 0 Å². The normalized spacial score (nSPS) is 11.1.